The van der Waals surface area contributed by atoms with Crippen molar-refractivity contribution in [2.45, 2.75) is 33.1 Å². The van der Waals surface area contributed by atoms with Crippen LogP contribution in [0.1, 0.15) is 31.4 Å². The second kappa shape index (κ2) is 6.68. The molecule has 0 heterocycles. The van der Waals surface area contributed by atoms with Gasteiger partial charge >= 0.3 is 0 Å². The fourth-order valence-corrected chi connectivity index (χ4v) is 1.70. The van der Waals surface area contributed by atoms with Gasteiger partial charge in [0.2, 0.25) is 0 Å². The van der Waals surface area contributed by atoms with Crippen LogP contribution in [0.5, 0.6) is 0 Å². The summed E-state index contributed by atoms with van der Waals surface area (Å²) in [6.45, 7) is 4.35. The number of hydrogen-bond donors (Lipinski definition) is 0. The Morgan fingerprint density at radius 3 is 2.33 bits per heavy atom. The third-order valence-corrected chi connectivity index (χ3v) is 2.73. The molecule has 82 valence electrons. The van der Waals surface area contributed by atoms with E-state index in [2.05, 4.69) is 44.2 Å². The van der Waals surface area contributed by atoms with E-state index in [-0.39, 0.29) is 0 Å². The van der Waals surface area contributed by atoms with Crippen LogP contribution in [0.3, 0.4) is 0 Å². The van der Waals surface area contributed by atoms with E-state index in [0.717, 1.165) is 19.3 Å². The summed E-state index contributed by atoms with van der Waals surface area (Å²) in [7, 11) is 0. The molecule has 0 saturated carbocycles. The van der Waals surface area contributed by atoms with Crippen molar-refractivity contribution in [3.63, 3.8) is 0 Å². The third-order valence-electron chi connectivity index (χ3n) is 2.52. The van der Waals surface area contributed by atoms with Crippen LogP contribution in [0, 0.1) is 0 Å². The summed E-state index contributed by atoms with van der Waals surface area (Å²) in [4.78, 5) is 0. The standard InChI is InChI=1S/C14H19Cl/c1-3-13-6-8-14(9-7-13)11-12(2)5-4-10-15/h5-9H,3-4,10-11H2,1-2H3. The van der Waals surface area contributed by atoms with E-state index in [0.29, 0.717) is 5.88 Å². The Balaban J connectivity index is 2.57. The van der Waals surface area contributed by atoms with Gasteiger partial charge in [-0.25, -0.2) is 0 Å². The number of alkyl halides is 1. The molecule has 0 saturated heterocycles. The molecule has 0 aliphatic carbocycles. The first-order valence-electron chi connectivity index (χ1n) is 5.55. The largest absolute Gasteiger partial charge is 0.126 e. The van der Waals surface area contributed by atoms with Gasteiger partial charge in [-0.3, -0.25) is 0 Å². The van der Waals surface area contributed by atoms with Gasteiger partial charge in [0, 0.05) is 5.88 Å². The van der Waals surface area contributed by atoms with E-state index in [1.54, 1.807) is 0 Å². The lowest BCUT2D eigenvalue weighted by atomic mass is 10.0. The van der Waals surface area contributed by atoms with E-state index in [4.69, 9.17) is 11.6 Å². The quantitative estimate of drug-likeness (QED) is 0.513. The predicted octanol–water partition coefficient (Wildman–Crippen LogP) is 4.37. The summed E-state index contributed by atoms with van der Waals surface area (Å²) < 4.78 is 0. The molecule has 0 aromatic heterocycles. The van der Waals surface area contributed by atoms with Crippen LogP contribution in [0.15, 0.2) is 35.9 Å². The molecule has 15 heavy (non-hydrogen) atoms. The molecule has 0 unspecified atom stereocenters. The van der Waals surface area contributed by atoms with Gasteiger partial charge < -0.3 is 0 Å². The maximum Gasteiger partial charge on any atom is 0.0258 e. The molecule has 0 fully saturated rings. The molecular weight excluding hydrogens is 204 g/mol. The molecule has 0 radical (unpaired) electrons. The first-order chi connectivity index (χ1) is 7.26. The van der Waals surface area contributed by atoms with E-state index >= 15 is 0 Å². The molecule has 1 aromatic rings. The third kappa shape index (κ3) is 4.53. The van der Waals surface area contributed by atoms with Gasteiger partial charge in [0.25, 0.3) is 0 Å². The molecule has 0 aliphatic rings. The summed E-state index contributed by atoms with van der Waals surface area (Å²) in [6, 6.07) is 8.86. The Morgan fingerprint density at radius 1 is 1.20 bits per heavy atom. The topological polar surface area (TPSA) is 0 Å². The Kier molecular flexibility index (Phi) is 5.49. The number of halogens is 1. The van der Waals surface area contributed by atoms with E-state index in [1.807, 2.05) is 0 Å². The van der Waals surface area contributed by atoms with Crippen LogP contribution in [0.25, 0.3) is 0 Å². The number of hydrogen-bond acceptors (Lipinski definition) is 0. The molecule has 0 spiro atoms. The number of allylic oxidation sites excluding steroid dienone is 2. The highest BCUT2D eigenvalue weighted by Crippen LogP contribution is 2.10. The van der Waals surface area contributed by atoms with Gasteiger partial charge in [0.15, 0.2) is 0 Å². The van der Waals surface area contributed by atoms with Crippen LogP contribution in [0.2, 0.25) is 0 Å². The molecule has 0 atom stereocenters. The van der Waals surface area contributed by atoms with E-state index < -0.39 is 0 Å². The second-order valence-electron chi connectivity index (χ2n) is 3.87. The minimum Gasteiger partial charge on any atom is -0.126 e. The highest BCUT2D eigenvalue weighted by Gasteiger charge is 1.95. The highest BCUT2D eigenvalue weighted by molar-refractivity contribution is 6.17. The SMILES string of the molecule is CCc1ccc(CC(C)=CCCCl)cc1. The smallest absolute Gasteiger partial charge is 0.0258 e. The highest BCUT2D eigenvalue weighted by atomic mass is 35.5. The summed E-state index contributed by atoms with van der Waals surface area (Å²) in [5, 5.41) is 0. The minimum absolute atomic E-state index is 0.714. The van der Waals surface area contributed by atoms with Gasteiger partial charge in [-0.1, -0.05) is 42.8 Å². The van der Waals surface area contributed by atoms with Gasteiger partial charge in [-0.05, 0) is 37.3 Å². The fourth-order valence-electron chi connectivity index (χ4n) is 1.59. The lowest BCUT2D eigenvalue weighted by molar-refractivity contribution is 1.08. The maximum atomic E-state index is 5.64. The van der Waals surface area contributed by atoms with Crippen molar-refractivity contribution in [1.29, 1.82) is 0 Å². The van der Waals surface area contributed by atoms with Crippen LogP contribution in [0.4, 0.5) is 0 Å². The van der Waals surface area contributed by atoms with Gasteiger partial charge in [-0.15, -0.1) is 11.6 Å². The minimum atomic E-state index is 0.714. The zero-order valence-corrected chi connectivity index (χ0v) is 10.3. The lowest BCUT2D eigenvalue weighted by Gasteiger charge is -2.03. The van der Waals surface area contributed by atoms with E-state index in [1.165, 1.54) is 16.7 Å². The Bertz CT molecular complexity index is 309. The number of rotatable bonds is 5. The molecule has 0 amide bonds. The van der Waals surface area contributed by atoms with Crippen LogP contribution in [-0.2, 0) is 12.8 Å². The number of benzene rings is 1. The van der Waals surface area contributed by atoms with Gasteiger partial charge in [0.1, 0.15) is 0 Å². The Hall–Kier alpha value is -0.750. The Labute approximate surface area is 98.0 Å². The first-order valence-corrected chi connectivity index (χ1v) is 6.09. The Morgan fingerprint density at radius 2 is 1.80 bits per heavy atom. The van der Waals surface area contributed by atoms with E-state index in [9.17, 15) is 0 Å². The maximum absolute atomic E-state index is 5.64. The summed E-state index contributed by atoms with van der Waals surface area (Å²) >= 11 is 5.64. The van der Waals surface area contributed by atoms with Crippen molar-refractivity contribution >= 4 is 11.6 Å². The average molecular weight is 223 g/mol. The van der Waals surface area contributed by atoms with Crippen molar-refractivity contribution in [2.24, 2.45) is 0 Å². The molecular formula is C14H19Cl. The van der Waals surface area contributed by atoms with Crippen LogP contribution >= 0.6 is 11.6 Å². The summed E-state index contributed by atoms with van der Waals surface area (Å²) in [5.41, 5.74) is 4.19. The zero-order valence-electron chi connectivity index (χ0n) is 9.59. The van der Waals surface area contributed by atoms with Crippen molar-refractivity contribution in [3.05, 3.63) is 47.0 Å². The van der Waals surface area contributed by atoms with Gasteiger partial charge in [0.05, 0.1) is 0 Å². The molecule has 0 aliphatic heterocycles. The summed E-state index contributed by atoms with van der Waals surface area (Å²) in [5.74, 6) is 0.714. The normalized spacial score (nSPS) is 11.8. The lowest BCUT2D eigenvalue weighted by Crippen LogP contribution is -1.88. The first kappa shape index (κ1) is 12.3. The van der Waals surface area contributed by atoms with Crippen LogP contribution < -0.4 is 0 Å². The molecule has 1 aromatic carbocycles. The molecule has 1 rings (SSSR count). The average Bonchev–Trinajstić information content (AvgIpc) is 2.27. The summed E-state index contributed by atoms with van der Waals surface area (Å²) in [6.07, 6.45) is 5.35. The van der Waals surface area contributed by atoms with Crippen molar-refractivity contribution in [1.82, 2.24) is 0 Å². The second-order valence-corrected chi connectivity index (χ2v) is 4.25. The monoisotopic (exact) mass is 222 g/mol. The molecule has 0 N–H and O–H groups in total. The molecule has 0 nitrogen and oxygen atoms in total. The van der Waals surface area contributed by atoms with Crippen molar-refractivity contribution in [2.75, 3.05) is 5.88 Å². The predicted molar refractivity (Wildman–Crippen MR) is 68.6 cm³/mol. The zero-order chi connectivity index (χ0) is 11.1. The fraction of sp³-hybridized carbons (Fsp3) is 0.429. The van der Waals surface area contributed by atoms with Gasteiger partial charge in [-0.2, -0.15) is 0 Å². The molecule has 0 bridgehead atoms. The van der Waals surface area contributed by atoms with Crippen molar-refractivity contribution in [3.8, 4) is 0 Å². The van der Waals surface area contributed by atoms with Crippen LogP contribution in [-0.4, -0.2) is 5.88 Å². The molecule has 1 heteroatoms. The number of aryl methyl sites for hydroxylation is 1. The van der Waals surface area contributed by atoms with Crippen molar-refractivity contribution < 1.29 is 0 Å².